The van der Waals surface area contributed by atoms with Gasteiger partial charge in [-0.3, -0.25) is 0 Å². The van der Waals surface area contributed by atoms with Crippen molar-refractivity contribution in [1.29, 1.82) is 0 Å². The van der Waals surface area contributed by atoms with E-state index < -0.39 is 23.7 Å². The number of alkyl halides is 5. The van der Waals surface area contributed by atoms with Crippen LogP contribution in [0.15, 0.2) is 6.07 Å². The van der Waals surface area contributed by atoms with Gasteiger partial charge in [0.1, 0.15) is 17.1 Å². The van der Waals surface area contributed by atoms with E-state index in [1.54, 1.807) is 6.92 Å². The van der Waals surface area contributed by atoms with Gasteiger partial charge in [-0.2, -0.15) is 22.0 Å². The van der Waals surface area contributed by atoms with E-state index >= 15 is 0 Å². The van der Waals surface area contributed by atoms with Crippen LogP contribution in [0.5, 0.6) is 11.5 Å². The maximum Gasteiger partial charge on any atom is 0.465 e. The Balaban J connectivity index is 1.89. The zero-order valence-electron chi connectivity index (χ0n) is 24.7. The lowest BCUT2D eigenvalue weighted by Gasteiger charge is -2.37. The summed E-state index contributed by atoms with van der Waals surface area (Å²) in [5, 5.41) is 0. The smallest absolute Gasteiger partial charge is 0.465 e. The molecule has 0 amide bonds. The molecule has 1 aliphatic rings. The molecule has 3 atom stereocenters. The highest BCUT2D eigenvalue weighted by atomic mass is 19.4. The van der Waals surface area contributed by atoms with Crippen molar-refractivity contribution in [2.45, 2.75) is 137 Å². The highest BCUT2D eigenvalue weighted by Gasteiger charge is 2.65. The molecule has 8 heteroatoms. The fraction of sp³-hybridized carbons (Fsp3) is 0.774. The lowest BCUT2D eigenvalue weighted by atomic mass is 9.85. The van der Waals surface area contributed by atoms with Crippen molar-refractivity contribution in [2.24, 2.45) is 17.8 Å². The molecule has 1 aromatic carbocycles. The van der Waals surface area contributed by atoms with Gasteiger partial charge in [-0.15, -0.1) is 0 Å². The molecule has 0 spiro atoms. The van der Waals surface area contributed by atoms with Crippen molar-refractivity contribution in [3.8, 4) is 11.5 Å². The van der Waals surface area contributed by atoms with E-state index in [0.717, 1.165) is 31.1 Å². The monoisotopic (exact) mass is 562 g/mol. The fourth-order valence-electron chi connectivity index (χ4n) is 5.32. The highest BCUT2D eigenvalue weighted by Crippen LogP contribution is 2.43. The van der Waals surface area contributed by atoms with Gasteiger partial charge < -0.3 is 9.47 Å². The summed E-state index contributed by atoms with van der Waals surface area (Å²) in [6, 6.07) is 1.35. The number of halogens is 5. The van der Waals surface area contributed by atoms with E-state index in [0.29, 0.717) is 41.2 Å². The molecule has 1 aromatic rings. The summed E-state index contributed by atoms with van der Waals surface area (Å²) in [6.07, 6.45) is 5.92. The molecule has 39 heavy (non-hydrogen) atoms. The Hall–Kier alpha value is -1.86. The SMILES string of the molecule is Cc1c(OC(=O)C(F)(F)C(F)(F)F)cc2c(c1C)OC(C)(CCCC(C)CCCC(C)CCCC(C)C)CC2. The third kappa shape index (κ3) is 9.34. The standard InChI is InChI=1S/C31H47F5O3/c1-20(2)11-8-12-21(3)13-9-14-22(4)15-10-17-29(7)18-16-25-19-26(23(5)24(6)27(25)39-29)38-28(37)30(32,33)31(34,35)36/h19-22H,8-18H2,1-7H3. The van der Waals surface area contributed by atoms with Gasteiger partial charge in [-0.1, -0.05) is 72.6 Å². The molecule has 1 aliphatic heterocycles. The van der Waals surface area contributed by atoms with Crippen LogP contribution in [-0.2, 0) is 11.2 Å². The van der Waals surface area contributed by atoms with Crippen molar-refractivity contribution in [2.75, 3.05) is 0 Å². The first-order valence-electron chi connectivity index (χ1n) is 14.5. The maximum absolute atomic E-state index is 13.4. The average molecular weight is 563 g/mol. The predicted molar refractivity (Wildman–Crippen MR) is 145 cm³/mol. The Morgan fingerprint density at radius 3 is 2.00 bits per heavy atom. The molecule has 3 nitrogen and oxygen atoms in total. The van der Waals surface area contributed by atoms with Crippen molar-refractivity contribution in [1.82, 2.24) is 0 Å². The third-order valence-corrected chi connectivity index (χ3v) is 8.23. The summed E-state index contributed by atoms with van der Waals surface area (Å²) in [7, 11) is 0. The number of hydrogen-bond donors (Lipinski definition) is 0. The molecule has 0 bridgehead atoms. The summed E-state index contributed by atoms with van der Waals surface area (Å²) in [4.78, 5) is 11.6. The molecule has 1 heterocycles. The van der Waals surface area contributed by atoms with Gasteiger partial charge in [0, 0.05) is 0 Å². The van der Waals surface area contributed by atoms with Gasteiger partial charge in [0.2, 0.25) is 0 Å². The molecule has 0 saturated carbocycles. The minimum absolute atomic E-state index is 0.296. The van der Waals surface area contributed by atoms with Gasteiger partial charge >= 0.3 is 18.1 Å². The molecule has 224 valence electrons. The molecule has 0 fully saturated rings. The second-order valence-corrected chi connectivity index (χ2v) is 12.5. The van der Waals surface area contributed by atoms with Crippen LogP contribution in [0.4, 0.5) is 22.0 Å². The summed E-state index contributed by atoms with van der Waals surface area (Å²) >= 11 is 0. The molecule has 0 radical (unpaired) electrons. The van der Waals surface area contributed by atoms with Crippen LogP contribution >= 0.6 is 0 Å². The minimum atomic E-state index is -6.02. The predicted octanol–water partition coefficient (Wildman–Crippen LogP) is 9.93. The summed E-state index contributed by atoms with van der Waals surface area (Å²) in [5.74, 6) is -5.71. The molecule has 2 rings (SSSR count). The number of carbonyl (C=O) groups is 1. The molecular weight excluding hydrogens is 515 g/mol. The topological polar surface area (TPSA) is 35.5 Å². The van der Waals surface area contributed by atoms with Gasteiger partial charge in [-0.25, -0.2) is 4.79 Å². The van der Waals surface area contributed by atoms with Crippen LogP contribution in [0.3, 0.4) is 0 Å². The van der Waals surface area contributed by atoms with Crippen molar-refractivity contribution in [3.05, 3.63) is 22.8 Å². The highest BCUT2D eigenvalue weighted by molar-refractivity contribution is 5.81. The quantitative estimate of drug-likeness (QED) is 0.129. The Bertz CT molecular complexity index is 957. The zero-order chi connectivity index (χ0) is 29.6. The van der Waals surface area contributed by atoms with E-state index in [4.69, 9.17) is 4.74 Å². The van der Waals surface area contributed by atoms with Crippen LogP contribution in [0.2, 0.25) is 0 Å². The molecule has 0 aromatic heterocycles. The number of fused-ring (bicyclic) bond motifs is 1. The molecule has 3 unspecified atom stereocenters. The number of hydrogen-bond acceptors (Lipinski definition) is 3. The van der Waals surface area contributed by atoms with Gasteiger partial charge in [0.25, 0.3) is 0 Å². The number of carbonyl (C=O) groups excluding carboxylic acids is 1. The third-order valence-electron chi connectivity index (χ3n) is 8.23. The Kier molecular flexibility index (Phi) is 11.7. The number of aryl methyl sites for hydroxylation is 1. The van der Waals surface area contributed by atoms with E-state index in [1.165, 1.54) is 51.5 Å². The normalized spacial score (nSPS) is 19.4. The van der Waals surface area contributed by atoms with E-state index in [9.17, 15) is 26.7 Å². The molecule has 0 aliphatic carbocycles. The number of ether oxygens (including phenoxy) is 2. The van der Waals surface area contributed by atoms with Gasteiger partial charge in [0.05, 0.1) is 0 Å². The average Bonchev–Trinajstić information content (AvgIpc) is 2.82. The Morgan fingerprint density at radius 2 is 1.46 bits per heavy atom. The van der Waals surface area contributed by atoms with Crippen LogP contribution < -0.4 is 9.47 Å². The maximum atomic E-state index is 13.4. The van der Waals surface area contributed by atoms with E-state index in [2.05, 4.69) is 39.4 Å². The summed E-state index contributed by atoms with van der Waals surface area (Å²) in [6.45, 7) is 14.5. The van der Waals surface area contributed by atoms with E-state index in [-0.39, 0.29) is 5.75 Å². The van der Waals surface area contributed by atoms with Crippen LogP contribution in [0.1, 0.15) is 116 Å². The first kappa shape index (κ1) is 33.3. The lowest BCUT2D eigenvalue weighted by molar-refractivity contribution is -0.276. The largest absolute Gasteiger partial charge is 0.487 e. The lowest BCUT2D eigenvalue weighted by Crippen LogP contribution is -2.46. The zero-order valence-corrected chi connectivity index (χ0v) is 24.7. The van der Waals surface area contributed by atoms with E-state index in [1.807, 2.05) is 0 Å². The van der Waals surface area contributed by atoms with Crippen LogP contribution in [0, 0.1) is 31.6 Å². The fourth-order valence-corrected chi connectivity index (χ4v) is 5.32. The Morgan fingerprint density at radius 1 is 0.923 bits per heavy atom. The Labute approximate surface area is 231 Å². The molecular formula is C31H47F5O3. The number of esters is 1. The van der Waals surface area contributed by atoms with Crippen molar-refractivity contribution in [3.63, 3.8) is 0 Å². The summed E-state index contributed by atoms with van der Waals surface area (Å²) < 4.78 is 75.4. The second-order valence-electron chi connectivity index (χ2n) is 12.5. The van der Waals surface area contributed by atoms with Crippen molar-refractivity contribution < 1.29 is 36.2 Å². The van der Waals surface area contributed by atoms with Gasteiger partial charge in [-0.05, 0) is 87.0 Å². The summed E-state index contributed by atoms with van der Waals surface area (Å²) in [5.41, 5.74) is 1.13. The molecule has 0 N–H and O–H groups in total. The van der Waals surface area contributed by atoms with Crippen molar-refractivity contribution >= 4 is 5.97 Å². The minimum Gasteiger partial charge on any atom is -0.487 e. The van der Waals surface area contributed by atoms with Gasteiger partial charge in [0.15, 0.2) is 0 Å². The molecule has 0 saturated heterocycles. The van der Waals surface area contributed by atoms with Crippen LogP contribution in [-0.4, -0.2) is 23.7 Å². The first-order chi connectivity index (χ1) is 18.0. The first-order valence-corrected chi connectivity index (χ1v) is 14.5. The number of benzene rings is 1. The van der Waals surface area contributed by atoms with Crippen LogP contribution in [0.25, 0.3) is 0 Å². The second kappa shape index (κ2) is 13.7. The number of rotatable bonds is 14.